The third-order valence-corrected chi connectivity index (χ3v) is 1.47. The molecule has 0 aromatic rings. The molecule has 0 heterocycles. The average molecular weight is 168 g/mol. The first kappa shape index (κ1) is 11.1. The molecule has 12 heavy (non-hydrogen) atoms. The zero-order valence-corrected chi connectivity index (χ0v) is 8.57. The van der Waals surface area contributed by atoms with Gasteiger partial charge in [0, 0.05) is 11.7 Å². The predicted octanol–water partition coefficient (Wildman–Crippen LogP) is 2.21. The lowest BCUT2D eigenvalue weighted by Gasteiger charge is -2.18. The Kier molecular flexibility index (Phi) is 4.49. The molecule has 0 fully saturated rings. The summed E-state index contributed by atoms with van der Waals surface area (Å²) in [6, 6.07) is 0.407. The van der Waals surface area contributed by atoms with Gasteiger partial charge in [0.15, 0.2) is 0 Å². The highest BCUT2D eigenvalue weighted by atomic mass is 15.1. The summed E-state index contributed by atoms with van der Waals surface area (Å²) in [6.07, 6.45) is 0. The fourth-order valence-corrected chi connectivity index (χ4v) is 0.723. The minimum Gasteiger partial charge on any atom is -0.370 e. The maximum atomic E-state index is 3.89. The minimum absolute atomic E-state index is 0.407. The highest BCUT2D eigenvalue weighted by molar-refractivity contribution is 5.05. The maximum absolute atomic E-state index is 3.89. The summed E-state index contributed by atoms with van der Waals surface area (Å²) < 4.78 is 0. The lowest BCUT2D eigenvalue weighted by Crippen LogP contribution is -2.30. The number of rotatable bonds is 5. The topological polar surface area (TPSA) is 24.1 Å². The second-order valence-corrected chi connectivity index (χ2v) is 3.58. The molecule has 0 aromatic heterocycles. The largest absolute Gasteiger partial charge is 0.370 e. The van der Waals surface area contributed by atoms with Crippen LogP contribution in [0.25, 0.3) is 0 Å². The van der Waals surface area contributed by atoms with Gasteiger partial charge in [-0.25, -0.2) is 0 Å². The molecule has 0 saturated carbocycles. The molecule has 0 rings (SSSR count). The predicted molar refractivity (Wildman–Crippen MR) is 54.5 cm³/mol. The maximum Gasteiger partial charge on any atom is 0.0956 e. The molecule has 0 amide bonds. The summed E-state index contributed by atoms with van der Waals surface area (Å²) in [6.45, 7) is 16.1. The molecule has 2 heteroatoms. The van der Waals surface area contributed by atoms with Crippen LogP contribution in [0.2, 0.25) is 0 Å². The summed E-state index contributed by atoms with van der Waals surface area (Å²) in [5, 5.41) is 6.27. The van der Waals surface area contributed by atoms with E-state index in [1.54, 1.807) is 0 Å². The number of nitrogens with one attached hydrogen (secondary N) is 2. The Hall–Kier alpha value is -0.920. The van der Waals surface area contributed by atoms with Crippen LogP contribution in [0.15, 0.2) is 24.7 Å². The molecular formula is C10H20N2. The highest BCUT2D eigenvalue weighted by Gasteiger charge is 2.01. The summed E-state index contributed by atoms with van der Waals surface area (Å²) in [4.78, 5) is 0. The fraction of sp³-hybridized carbons (Fsp3) is 0.600. The minimum atomic E-state index is 0.407. The van der Waals surface area contributed by atoms with Crippen molar-refractivity contribution < 1.29 is 0 Å². The van der Waals surface area contributed by atoms with Gasteiger partial charge in [-0.3, -0.25) is 0 Å². The fourth-order valence-electron chi connectivity index (χ4n) is 0.723. The Balaban J connectivity index is 3.77. The summed E-state index contributed by atoms with van der Waals surface area (Å²) in [5.41, 5.74) is 0.994. The van der Waals surface area contributed by atoms with Gasteiger partial charge in [-0.1, -0.05) is 27.0 Å². The van der Waals surface area contributed by atoms with E-state index in [9.17, 15) is 0 Å². The summed E-state index contributed by atoms with van der Waals surface area (Å²) in [5.74, 6) is 1.26. The third-order valence-electron chi connectivity index (χ3n) is 1.47. The van der Waals surface area contributed by atoms with Gasteiger partial charge in [-0.05, 0) is 19.8 Å². The number of hydrogen-bond donors (Lipinski definition) is 2. The van der Waals surface area contributed by atoms with Crippen molar-refractivity contribution in [2.45, 2.75) is 33.7 Å². The van der Waals surface area contributed by atoms with Gasteiger partial charge in [0.25, 0.3) is 0 Å². The van der Waals surface area contributed by atoms with Crippen molar-refractivity contribution >= 4 is 0 Å². The van der Waals surface area contributed by atoms with Crippen LogP contribution >= 0.6 is 0 Å². The van der Waals surface area contributed by atoms with Gasteiger partial charge in [-0.15, -0.1) is 0 Å². The van der Waals surface area contributed by atoms with Crippen LogP contribution in [0.4, 0.5) is 0 Å². The second-order valence-electron chi connectivity index (χ2n) is 3.58. The lowest BCUT2D eigenvalue weighted by molar-refractivity contribution is 0.608. The summed E-state index contributed by atoms with van der Waals surface area (Å²) >= 11 is 0. The molecule has 2 N–H and O–H groups in total. The molecule has 0 saturated heterocycles. The molecule has 0 aliphatic carbocycles. The van der Waals surface area contributed by atoms with Gasteiger partial charge in [-0.2, -0.15) is 0 Å². The molecule has 0 spiro atoms. The van der Waals surface area contributed by atoms with E-state index < -0.39 is 0 Å². The first-order valence-corrected chi connectivity index (χ1v) is 4.34. The zero-order chi connectivity index (χ0) is 9.72. The van der Waals surface area contributed by atoms with Crippen molar-refractivity contribution in [2.75, 3.05) is 0 Å². The van der Waals surface area contributed by atoms with E-state index in [4.69, 9.17) is 0 Å². The van der Waals surface area contributed by atoms with E-state index in [-0.39, 0.29) is 0 Å². The van der Waals surface area contributed by atoms with E-state index in [1.165, 1.54) is 0 Å². The van der Waals surface area contributed by atoms with Gasteiger partial charge in [0.1, 0.15) is 0 Å². The van der Waals surface area contributed by atoms with Crippen molar-refractivity contribution in [3.63, 3.8) is 0 Å². The monoisotopic (exact) mass is 168 g/mol. The van der Waals surface area contributed by atoms with Crippen LogP contribution in [0.3, 0.4) is 0 Å². The van der Waals surface area contributed by atoms with E-state index in [1.807, 2.05) is 0 Å². The molecular weight excluding hydrogens is 148 g/mol. The SMILES string of the molecule is C=C(NC(=C)C(C)C)NC(C)C. The Labute approximate surface area is 75.7 Å². The van der Waals surface area contributed by atoms with Gasteiger partial charge >= 0.3 is 0 Å². The lowest BCUT2D eigenvalue weighted by atomic mass is 10.1. The van der Waals surface area contributed by atoms with Gasteiger partial charge < -0.3 is 10.6 Å². The van der Waals surface area contributed by atoms with E-state index in [0.29, 0.717) is 12.0 Å². The molecule has 0 aliphatic heterocycles. The Bertz CT molecular complexity index is 169. The van der Waals surface area contributed by atoms with E-state index in [0.717, 1.165) is 11.5 Å². The van der Waals surface area contributed by atoms with Crippen LogP contribution in [0.1, 0.15) is 27.7 Å². The smallest absolute Gasteiger partial charge is 0.0956 e. The van der Waals surface area contributed by atoms with Gasteiger partial charge in [0.2, 0.25) is 0 Å². The first-order valence-electron chi connectivity index (χ1n) is 4.34. The third kappa shape index (κ3) is 4.83. The second kappa shape index (κ2) is 4.86. The molecule has 70 valence electrons. The van der Waals surface area contributed by atoms with Crippen molar-refractivity contribution in [3.05, 3.63) is 24.7 Å². The van der Waals surface area contributed by atoms with Crippen LogP contribution in [0, 0.1) is 5.92 Å². The van der Waals surface area contributed by atoms with Crippen molar-refractivity contribution in [1.29, 1.82) is 0 Å². The van der Waals surface area contributed by atoms with E-state index >= 15 is 0 Å². The molecule has 0 radical (unpaired) electrons. The number of allylic oxidation sites excluding steroid dienone is 1. The van der Waals surface area contributed by atoms with Crippen molar-refractivity contribution in [2.24, 2.45) is 5.92 Å². The van der Waals surface area contributed by atoms with Crippen molar-refractivity contribution in [3.8, 4) is 0 Å². The first-order chi connectivity index (χ1) is 5.43. The number of hydrogen-bond acceptors (Lipinski definition) is 2. The Morgan fingerprint density at radius 3 is 1.92 bits per heavy atom. The Morgan fingerprint density at radius 1 is 1.08 bits per heavy atom. The quantitative estimate of drug-likeness (QED) is 0.657. The molecule has 0 aliphatic rings. The molecule has 0 aromatic carbocycles. The highest BCUT2D eigenvalue weighted by Crippen LogP contribution is 2.03. The Morgan fingerprint density at radius 2 is 1.58 bits per heavy atom. The standard InChI is InChI=1S/C10H20N2/c1-7(2)9(5)12-10(6)11-8(3)4/h7-8,11-12H,5-6H2,1-4H3. The zero-order valence-electron chi connectivity index (χ0n) is 8.57. The van der Waals surface area contributed by atoms with Crippen LogP contribution in [-0.2, 0) is 0 Å². The van der Waals surface area contributed by atoms with Crippen LogP contribution in [0.5, 0.6) is 0 Å². The van der Waals surface area contributed by atoms with Crippen molar-refractivity contribution in [1.82, 2.24) is 10.6 Å². The van der Waals surface area contributed by atoms with Crippen LogP contribution < -0.4 is 10.6 Å². The van der Waals surface area contributed by atoms with Gasteiger partial charge in [0.05, 0.1) is 5.82 Å². The summed E-state index contributed by atoms with van der Waals surface area (Å²) in [7, 11) is 0. The molecule has 0 unspecified atom stereocenters. The average Bonchev–Trinajstić information content (AvgIpc) is 1.84. The molecule has 0 bridgehead atoms. The molecule has 2 nitrogen and oxygen atoms in total. The van der Waals surface area contributed by atoms with E-state index in [2.05, 4.69) is 51.5 Å². The van der Waals surface area contributed by atoms with Crippen LogP contribution in [-0.4, -0.2) is 6.04 Å². The normalized spacial score (nSPS) is 10.2. The molecule has 0 atom stereocenters.